The molecule has 0 aliphatic heterocycles. The monoisotopic (exact) mass is 258 g/mol. The molecule has 102 valence electrons. The van der Waals surface area contributed by atoms with E-state index in [1.54, 1.807) is 0 Å². The van der Waals surface area contributed by atoms with Crippen molar-refractivity contribution in [3.05, 3.63) is 47.5 Å². The molecular formula is C16H22N2O. The molecule has 19 heavy (non-hydrogen) atoms. The second-order valence-corrected chi connectivity index (χ2v) is 5.17. The summed E-state index contributed by atoms with van der Waals surface area (Å²) < 4.78 is 0. The van der Waals surface area contributed by atoms with Crippen molar-refractivity contribution in [2.45, 2.75) is 32.9 Å². The molecule has 1 aromatic carbocycles. The Labute approximate surface area is 115 Å². The Morgan fingerprint density at radius 3 is 2.68 bits per heavy atom. The summed E-state index contributed by atoms with van der Waals surface area (Å²) in [5, 5.41) is 0. The lowest BCUT2D eigenvalue weighted by atomic mass is 10.0. The average molecular weight is 258 g/mol. The number of carbonyl (C=O) groups excluding carboxylic acids is 1. The van der Waals surface area contributed by atoms with Gasteiger partial charge in [0.2, 0.25) is 5.91 Å². The molecule has 1 aromatic rings. The largest absolute Gasteiger partial charge is 0.338 e. The highest BCUT2D eigenvalue weighted by Gasteiger charge is 2.26. The summed E-state index contributed by atoms with van der Waals surface area (Å²) in [6.45, 7) is 5.52. The van der Waals surface area contributed by atoms with Crippen LogP contribution in [0.2, 0.25) is 0 Å². The Morgan fingerprint density at radius 1 is 1.37 bits per heavy atom. The van der Waals surface area contributed by atoms with Gasteiger partial charge in [0.1, 0.15) is 0 Å². The number of hydrogen-bond acceptors (Lipinski definition) is 2. The van der Waals surface area contributed by atoms with E-state index in [0.29, 0.717) is 6.54 Å². The van der Waals surface area contributed by atoms with E-state index in [0.717, 1.165) is 13.0 Å². The van der Waals surface area contributed by atoms with Crippen molar-refractivity contribution in [2.75, 3.05) is 6.54 Å². The minimum atomic E-state index is -0.0426. The quantitative estimate of drug-likeness (QED) is 0.842. The second-order valence-electron chi connectivity index (χ2n) is 5.17. The molecule has 0 spiro atoms. The Balaban J connectivity index is 2.06. The zero-order valence-corrected chi connectivity index (χ0v) is 11.7. The van der Waals surface area contributed by atoms with Crippen LogP contribution >= 0.6 is 0 Å². The van der Waals surface area contributed by atoms with E-state index in [1.807, 2.05) is 36.1 Å². The first-order chi connectivity index (χ1) is 9.11. The zero-order valence-electron chi connectivity index (χ0n) is 11.7. The third-order valence-corrected chi connectivity index (χ3v) is 3.75. The Kier molecular flexibility index (Phi) is 4.38. The van der Waals surface area contributed by atoms with Crippen LogP contribution in [-0.2, 0) is 11.3 Å². The highest BCUT2D eigenvalue weighted by atomic mass is 16.2. The SMILES string of the molecule is CCN(Cc1ccccc1C)C(=O)C1C=CC(N)C1. The maximum Gasteiger partial charge on any atom is 0.229 e. The van der Waals surface area contributed by atoms with Gasteiger partial charge in [-0.2, -0.15) is 0 Å². The molecule has 1 aliphatic rings. The minimum absolute atomic E-state index is 0.0334. The number of hydrogen-bond donors (Lipinski definition) is 1. The van der Waals surface area contributed by atoms with Crippen molar-refractivity contribution in [1.82, 2.24) is 4.90 Å². The summed E-state index contributed by atoms with van der Waals surface area (Å²) >= 11 is 0. The molecule has 2 rings (SSSR count). The maximum absolute atomic E-state index is 12.5. The number of amides is 1. The van der Waals surface area contributed by atoms with E-state index in [-0.39, 0.29) is 17.9 Å². The van der Waals surface area contributed by atoms with Gasteiger partial charge >= 0.3 is 0 Å². The van der Waals surface area contributed by atoms with Crippen LogP contribution < -0.4 is 5.73 Å². The van der Waals surface area contributed by atoms with Crippen molar-refractivity contribution < 1.29 is 4.79 Å². The fourth-order valence-corrected chi connectivity index (χ4v) is 2.48. The molecule has 1 aliphatic carbocycles. The molecule has 0 saturated heterocycles. The van der Waals surface area contributed by atoms with Gasteiger partial charge < -0.3 is 10.6 Å². The molecule has 1 amide bonds. The van der Waals surface area contributed by atoms with E-state index < -0.39 is 0 Å². The van der Waals surface area contributed by atoms with Crippen LogP contribution in [0.1, 0.15) is 24.5 Å². The van der Waals surface area contributed by atoms with Gasteiger partial charge in [0.25, 0.3) is 0 Å². The van der Waals surface area contributed by atoms with E-state index in [9.17, 15) is 4.79 Å². The van der Waals surface area contributed by atoms with E-state index in [1.165, 1.54) is 11.1 Å². The van der Waals surface area contributed by atoms with Gasteiger partial charge in [-0.05, 0) is 31.4 Å². The van der Waals surface area contributed by atoms with Crippen molar-refractivity contribution in [3.63, 3.8) is 0 Å². The van der Waals surface area contributed by atoms with E-state index in [4.69, 9.17) is 5.73 Å². The van der Waals surface area contributed by atoms with Gasteiger partial charge in [0.15, 0.2) is 0 Å². The maximum atomic E-state index is 12.5. The lowest BCUT2D eigenvalue weighted by Crippen LogP contribution is -2.35. The number of rotatable bonds is 4. The highest BCUT2D eigenvalue weighted by Crippen LogP contribution is 2.20. The van der Waals surface area contributed by atoms with Gasteiger partial charge in [0.05, 0.1) is 5.92 Å². The normalized spacial score (nSPS) is 21.6. The molecule has 0 fully saturated rings. The van der Waals surface area contributed by atoms with Crippen LogP contribution in [0.25, 0.3) is 0 Å². The lowest BCUT2D eigenvalue weighted by molar-refractivity contribution is -0.134. The molecule has 2 unspecified atom stereocenters. The van der Waals surface area contributed by atoms with Gasteiger partial charge in [-0.3, -0.25) is 4.79 Å². The summed E-state index contributed by atoms with van der Waals surface area (Å²) in [4.78, 5) is 14.4. The lowest BCUT2D eigenvalue weighted by Gasteiger charge is -2.24. The van der Waals surface area contributed by atoms with Crippen molar-refractivity contribution >= 4 is 5.91 Å². The first-order valence-corrected chi connectivity index (χ1v) is 6.89. The fraction of sp³-hybridized carbons (Fsp3) is 0.438. The van der Waals surface area contributed by atoms with Crippen LogP contribution in [0.5, 0.6) is 0 Å². The predicted molar refractivity (Wildman–Crippen MR) is 77.5 cm³/mol. The average Bonchev–Trinajstić information content (AvgIpc) is 2.84. The topological polar surface area (TPSA) is 46.3 Å². The fourth-order valence-electron chi connectivity index (χ4n) is 2.48. The van der Waals surface area contributed by atoms with E-state index >= 15 is 0 Å². The van der Waals surface area contributed by atoms with Crippen molar-refractivity contribution in [2.24, 2.45) is 11.7 Å². The summed E-state index contributed by atoms with van der Waals surface area (Å²) in [6.07, 6.45) is 4.63. The number of benzene rings is 1. The third-order valence-electron chi connectivity index (χ3n) is 3.75. The summed E-state index contributed by atoms with van der Waals surface area (Å²) in [5.74, 6) is 0.147. The summed E-state index contributed by atoms with van der Waals surface area (Å²) in [5.41, 5.74) is 8.26. The number of nitrogens with two attached hydrogens (primary N) is 1. The molecule has 2 N–H and O–H groups in total. The van der Waals surface area contributed by atoms with Crippen molar-refractivity contribution in [1.29, 1.82) is 0 Å². The first kappa shape index (κ1) is 13.8. The van der Waals surface area contributed by atoms with Gasteiger partial charge in [-0.15, -0.1) is 0 Å². The number of aryl methyl sites for hydroxylation is 1. The molecule has 0 aromatic heterocycles. The first-order valence-electron chi connectivity index (χ1n) is 6.89. The van der Waals surface area contributed by atoms with E-state index in [2.05, 4.69) is 19.1 Å². The van der Waals surface area contributed by atoms with Gasteiger partial charge in [0, 0.05) is 19.1 Å². The molecule has 3 nitrogen and oxygen atoms in total. The molecule has 3 heteroatoms. The van der Waals surface area contributed by atoms with Crippen LogP contribution in [0.15, 0.2) is 36.4 Å². The Hall–Kier alpha value is -1.61. The molecule has 2 atom stereocenters. The number of nitrogens with zero attached hydrogens (tertiary/aromatic N) is 1. The summed E-state index contributed by atoms with van der Waals surface area (Å²) in [7, 11) is 0. The van der Waals surface area contributed by atoms with Crippen LogP contribution in [0, 0.1) is 12.8 Å². The molecular weight excluding hydrogens is 236 g/mol. The number of carbonyl (C=O) groups is 1. The Morgan fingerprint density at radius 2 is 2.11 bits per heavy atom. The van der Waals surface area contributed by atoms with Gasteiger partial charge in [-0.25, -0.2) is 0 Å². The zero-order chi connectivity index (χ0) is 13.8. The molecule has 0 radical (unpaired) electrons. The smallest absolute Gasteiger partial charge is 0.229 e. The molecule has 0 heterocycles. The minimum Gasteiger partial charge on any atom is -0.338 e. The van der Waals surface area contributed by atoms with Crippen LogP contribution in [0.4, 0.5) is 0 Å². The standard InChI is InChI=1S/C16H22N2O/c1-3-18(11-14-7-5-4-6-12(14)2)16(19)13-8-9-15(17)10-13/h4-9,13,15H,3,10-11,17H2,1-2H3. The predicted octanol–water partition coefficient (Wildman–Crippen LogP) is 2.25. The molecule has 0 saturated carbocycles. The van der Waals surface area contributed by atoms with Gasteiger partial charge in [-0.1, -0.05) is 36.4 Å². The van der Waals surface area contributed by atoms with Crippen molar-refractivity contribution in [3.8, 4) is 0 Å². The summed E-state index contributed by atoms with van der Waals surface area (Å²) in [6, 6.07) is 8.24. The third kappa shape index (κ3) is 3.24. The Bertz CT molecular complexity index is 481. The molecule has 0 bridgehead atoms. The van der Waals surface area contributed by atoms with Crippen LogP contribution in [0.3, 0.4) is 0 Å². The van der Waals surface area contributed by atoms with Crippen LogP contribution in [-0.4, -0.2) is 23.4 Å². The highest BCUT2D eigenvalue weighted by molar-refractivity contribution is 5.81. The second kappa shape index (κ2) is 6.02.